The summed E-state index contributed by atoms with van der Waals surface area (Å²) in [7, 11) is 1.58. The fourth-order valence-corrected chi connectivity index (χ4v) is 5.46. The molecule has 1 spiro atoms. The van der Waals surface area contributed by atoms with Crippen LogP contribution in [0.5, 0.6) is 0 Å². The number of nitrogens with one attached hydrogen (secondary N) is 2. The summed E-state index contributed by atoms with van der Waals surface area (Å²) in [6.45, 7) is 6.67. The number of carboxylic acids is 1. The van der Waals surface area contributed by atoms with Gasteiger partial charge >= 0.3 is 12.1 Å². The Morgan fingerprint density at radius 3 is 2.49 bits per heavy atom. The lowest BCUT2D eigenvalue weighted by Gasteiger charge is -2.47. The summed E-state index contributed by atoms with van der Waals surface area (Å²) in [6.07, 6.45) is 3.38. The smallest absolute Gasteiger partial charge is 0.407 e. The first-order chi connectivity index (χ1) is 18.5. The second kappa shape index (κ2) is 13.4. The highest BCUT2D eigenvalue weighted by Gasteiger charge is 2.64. The maximum Gasteiger partial charge on any atom is 0.407 e. The van der Waals surface area contributed by atoms with Crippen molar-refractivity contribution in [1.82, 2.24) is 5.32 Å². The number of carbonyl (C=O) groups is 3. The third-order valence-corrected chi connectivity index (χ3v) is 7.50. The highest BCUT2D eigenvalue weighted by molar-refractivity contribution is 5.90. The molecule has 5 atom stereocenters. The number of amides is 2. The Labute approximate surface area is 230 Å². The lowest BCUT2D eigenvalue weighted by Crippen LogP contribution is -2.59. The van der Waals surface area contributed by atoms with Crippen molar-refractivity contribution in [3.05, 3.63) is 41.5 Å². The van der Waals surface area contributed by atoms with Gasteiger partial charge in [-0.15, -0.1) is 0 Å². The molecule has 1 saturated carbocycles. The van der Waals surface area contributed by atoms with E-state index in [9.17, 15) is 19.5 Å². The number of carbonyl (C=O) groups excluding carboxylic acids is 2. The molecule has 1 aromatic carbocycles. The van der Waals surface area contributed by atoms with Crippen molar-refractivity contribution in [2.75, 3.05) is 19.0 Å². The van der Waals surface area contributed by atoms with Crippen molar-refractivity contribution in [3.63, 3.8) is 0 Å². The van der Waals surface area contributed by atoms with Crippen LogP contribution in [0.15, 0.2) is 35.9 Å². The van der Waals surface area contributed by atoms with Gasteiger partial charge in [0.25, 0.3) is 0 Å². The van der Waals surface area contributed by atoms with Crippen LogP contribution >= 0.6 is 0 Å². The molecule has 1 aliphatic heterocycles. The Balaban J connectivity index is 1.52. The second-order valence-electron chi connectivity index (χ2n) is 11.0. The highest BCUT2D eigenvalue weighted by atomic mass is 16.6. The molecule has 1 heterocycles. The molecule has 2 fully saturated rings. The van der Waals surface area contributed by atoms with E-state index in [2.05, 4.69) is 16.7 Å². The zero-order valence-electron chi connectivity index (χ0n) is 23.3. The van der Waals surface area contributed by atoms with Gasteiger partial charge in [-0.05, 0) is 70.6 Å². The van der Waals surface area contributed by atoms with Gasteiger partial charge in [-0.1, -0.05) is 23.8 Å². The third-order valence-electron chi connectivity index (χ3n) is 7.50. The molecule has 39 heavy (non-hydrogen) atoms. The van der Waals surface area contributed by atoms with Crippen molar-refractivity contribution in [1.29, 1.82) is 0 Å². The monoisotopic (exact) mass is 546 g/mol. The summed E-state index contributed by atoms with van der Waals surface area (Å²) in [5.74, 6) is -1.51. The first kappa shape index (κ1) is 30.6. The summed E-state index contributed by atoms with van der Waals surface area (Å²) in [5, 5.41) is 25.6. The standard InChI is InChI=1S/C29H42N2O8/c1-19(2)7-6-15-28(3,36)26-25(37-4)22(14-16-29(26)18-38-29)39-27(35)30-17-20-10-12-21(13-11-20)31-23(32)8-5-9-24(33)34/h7,10-13,22,25-26,36H,5-6,8-9,14-18H2,1-4H3,(H,30,35)(H,31,32)(H,33,34)/t22-,25-,26-,28?,29+/m1/s1. The fourth-order valence-electron chi connectivity index (χ4n) is 5.46. The summed E-state index contributed by atoms with van der Waals surface area (Å²) < 4.78 is 17.5. The van der Waals surface area contributed by atoms with Crippen LogP contribution in [0.1, 0.15) is 71.3 Å². The average molecular weight is 547 g/mol. The normalized spacial score (nSPS) is 25.3. The summed E-state index contributed by atoms with van der Waals surface area (Å²) >= 11 is 0. The number of hydrogen-bond donors (Lipinski definition) is 4. The van der Waals surface area contributed by atoms with Gasteiger partial charge < -0.3 is 35.1 Å². The molecule has 2 amide bonds. The number of methoxy groups -OCH3 is 1. The van der Waals surface area contributed by atoms with Crippen LogP contribution in [-0.2, 0) is 30.3 Å². The van der Waals surface area contributed by atoms with E-state index in [-0.39, 0.29) is 37.6 Å². The van der Waals surface area contributed by atoms with Gasteiger partial charge in [-0.3, -0.25) is 9.59 Å². The molecule has 1 unspecified atom stereocenters. The van der Waals surface area contributed by atoms with Crippen molar-refractivity contribution in [3.8, 4) is 0 Å². The molecule has 3 rings (SSSR count). The third kappa shape index (κ3) is 8.78. The number of epoxide rings is 1. The molecule has 0 aromatic heterocycles. The molecule has 10 nitrogen and oxygen atoms in total. The maximum absolute atomic E-state index is 12.7. The second-order valence-corrected chi connectivity index (χ2v) is 11.0. The van der Waals surface area contributed by atoms with Crippen molar-refractivity contribution < 1.29 is 38.8 Å². The molecular weight excluding hydrogens is 504 g/mol. The van der Waals surface area contributed by atoms with E-state index < -0.39 is 35.5 Å². The van der Waals surface area contributed by atoms with E-state index in [1.165, 1.54) is 5.57 Å². The van der Waals surface area contributed by atoms with E-state index >= 15 is 0 Å². The van der Waals surface area contributed by atoms with Crippen LogP contribution in [0.2, 0.25) is 0 Å². The van der Waals surface area contributed by atoms with Gasteiger partial charge in [0.05, 0.1) is 17.8 Å². The van der Waals surface area contributed by atoms with Crippen molar-refractivity contribution in [2.24, 2.45) is 5.92 Å². The van der Waals surface area contributed by atoms with Gasteiger partial charge in [0.15, 0.2) is 0 Å². The molecule has 2 aliphatic rings. The number of alkyl carbamates (subject to hydrolysis) is 1. The number of aliphatic hydroxyl groups is 1. The van der Waals surface area contributed by atoms with E-state index in [1.54, 1.807) is 31.4 Å². The number of carboxylic acid groups (broad SMARTS) is 1. The Morgan fingerprint density at radius 1 is 1.21 bits per heavy atom. The summed E-state index contributed by atoms with van der Waals surface area (Å²) in [4.78, 5) is 35.2. The molecule has 1 aromatic rings. The predicted octanol–water partition coefficient (Wildman–Crippen LogP) is 4.17. The number of anilines is 1. The SMILES string of the molecule is CO[C@H]1[C@H](C(C)(O)CCC=C(C)C)[C@]2(CC[C@H]1OC(=O)NCc1ccc(NC(=O)CCCC(=O)O)cc1)CO2. The van der Waals surface area contributed by atoms with Crippen LogP contribution in [0, 0.1) is 5.92 Å². The van der Waals surface area contributed by atoms with Crippen LogP contribution < -0.4 is 10.6 Å². The molecule has 1 aliphatic carbocycles. The largest absolute Gasteiger partial charge is 0.481 e. The molecule has 10 heteroatoms. The van der Waals surface area contributed by atoms with Crippen LogP contribution in [0.4, 0.5) is 10.5 Å². The molecule has 0 radical (unpaired) electrons. The number of allylic oxidation sites excluding steroid dienone is 2. The Morgan fingerprint density at radius 2 is 1.90 bits per heavy atom. The minimum Gasteiger partial charge on any atom is -0.481 e. The van der Waals surface area contributed by atoms with Crippen molar-refractivity contribution in [2.45, 2.75) is 95.7 Å². The van der Waals surface area contributed by atoms with E-state index in [0.717, 1.165) is 12.0 Å². The lowest BCUT2D eigenvalue weighted by molar-refractivity contribution is -0.164. The van der Waals surface area contributed by atoms with Crippen LogP contribution in [0.3, 0.4) is 0 Å². The first-order valence-electron chi connectivity index (χ1n) is 13.5. The topological polar surface area (TPSA) is 147 Å². The molecule has 1 saturated heterocycles. The van der Waals surface area contributed by atoms with Gasteiger partial charge in [0.1, 0.15) is 12.2 Å². The first-order valence-corrected chi connectivity index (χ1v) is 13.5. The Bertz CT molecular complexity index is 1030. The maximum atomic E-state index is 12.7. The minimum atomic E-state index is -1.06. The van der Waals surface area contributed by atoms with Gasteiger partial charge in [0.2, 0.25) is 5.91 Å². The quantitative estimate of drug-likeness (QED) is 0.213. The van der Waals surface area contributed by atoms with E-state index in [1.807, 2.05) is 20.8 Å². The predicted molar refractivity (Wildman–Crippen MR) is 145 cm³/mol. The minimum absolute atomic E-state index is 0.0506. The van der Waals surface area contributed by atoms with Crippen LogP contribution in [-0.4, -0.2) is 65.3 Å². The molecule has 0 bridgehead atoms. The average Bonchev–Trinajstić information content (AvgIpc) is 3.63. The summed E-state index contributed by atoms with van der Waals surface area (Å²) in [6, 6.07) is 6.99. The zero-order chi connectivity index (χ0) is 28.6. The number of hydrogen-bond acceptors (Lipinski definition) is 7. The Hall–Kier alpha value is -2.95. The van der Waals surface area contributed by atoms with Crippen molar-refractivity contribution >= 4 is 23.7 Å². The highest BCUT2D eigenvalue weighted by Crippen LogP contribution is 2.52. The van der Waals surface area contributed by atoms with Crippen LogP contribution in [0.25, 0.3) is 0 Å². The van der Waals surface area contributed by atoms with Gasteiger partial charge in [0, 0.05) is 38.1 Å². The molecule has 4 N–H and O–H groups in total. The Kier molecular flexibility index (Phi) is 10.5. The van der Waals surface area contributed by atoms with E-state index in [4.69, 9.17) is 19.3 Å². The number of aliphatic carboxylic acids is 1. The number of rotatable bonds is 13. The van der Waals surface area contributed by atoms with Gasteiger partial charge in [-0.25, -0.2) is 4.79 Å². The number of ether oxygens (including phenoxy) is 3. The summed E-state index contributed by atoms with van der Waals surface area (Å²) in [5.41, 5.74) is 1.09. The zero-order valence-corrected chi connectivity index (χ0v) is 23.3. The molecular formula is C29H42N2O8. The van der Waals surface area contributed by atoms with E-state index in [0.29, 0.717) is 31.6 Å². The fraction of sp³-hybridized carbons (Fsp3) is 0.621. The van der Waals surface area contributed by atoms with Gasteiger partial charge in [-0.2, -0.15) is 0 Å². The lowest BCUT2D eigenvalue weighted by atomic mass is 9.66. The number of benzene rings is 1. The molecule has 216 valence electrons.